The Hall–Kier alpha value is -2.48. The summed E-state index contributed by atoms with van der Waals surface area (Å²) < 4.78 is 34.7. The van der Waals surface area contributed by atoms with Crippen molar-refractivity contribution < 1.29 is 12.8 Å². The number of aromatic nitrogens is 1. The van der Waals surface area contributed by atoms with E-state index in [4.69, 9.17) is 4.42 Å². The molecule has 2 aromatic heterocycles. The predicted molar refractivity (Wildman–Crippen MR) is 112 cm³/mol. The normalized spacial score (nSPS) is 13.1. The lowest BCUT2D eigenvalue weighted by Crippen LogP contribution is -2.34. The van der Waals surface area contributed by atoms with Crippen LogP contribution in [0.5, 0.6) is 0 Å². The van der Waals surface area contributed by atoms with Crippen molar-refractivity contribution >= 4 is 31.4 Å². The number of thiophene rings is 1. The Morgan fingerprint density at radius 1 is 1.14 bits per heavy atom. The number of aryl methyl sites for hydroxylation is 1. The van der Waals surface area contributed by atoms with Gasteiger partial charge in [0.2, 0.25) is 10.0 Å². The number of oxazole rings is 1. The third-order valence-corrected chi connectivity index (χ3v) is 7.14. The van der Waals surface area contributed by atoms with Crippen LogP contribution in [0.15, 0.2) is 69.5 Å². The summed E-state index contributed by atoms with van der Waals surface area (Å²) in [5, 5.41) is 3.29. The first-order valence-corrected chi connectivity index (χ1v) is 11.3. The van der Waals surface area contributed by atoms with Crippen molar-refractivity contribution in [1.82, 2.24) is 9.71 Å². The van der Waals surface area contributed by atoms with Crippen LogP contribution >= 0.6 is 11.3 Å². The van der Waals surface area contributed by atoms with Crippen molar-refractivity contribution in [1.29, 1.82) is 0 Å². The topological polar surface area (TPSA) is 72.2 Å². The van der Waals surface area contributed by atoms with Crippen molar-refractivity contribution in [3.63, 3.8) is 0 Å². The number of fused-ring (bicyclic) bond motifs is 1. The first-order valence-electron chi connectivity index (χ1n) is 8.92. The molecule has 144 valence electrons. The van der Waals surface area contributed by atoms with Crippen LogP contribution in [0.3, 0.4) is 0 Å². The Labute approximate surface area is 168 Å². The highest BCUT2D eigenvalue weighted by atomic mass is 32.2. The smallest absolute Gasteiger partial charge is 0.240 e. The van der Waals surface area contributed by atoms with Crippen LogP contribution in [0.4, 0.5) is 0 Å². The molecule has 0 aliphatic heterocycles. The van der Waals surface area contributed by atoms with Gasteiger partial charge in [-0.2, -0.15) is 0 Å². The van der Waals surface area contributed by atoms with E-state index in [0.717, 1.165) is 11.1 Å². The maximum Gasteiger partial charge on any atom is 0.240 e. The van der Waals surface area contributed by atoms with E-state index in [0.29, 0.717) is 18.0 Å². The molecule has 4 rings (SSSR count). The minimum Gasteiger partial charge on any atom is -0.449 e. The lowest BCUT2D eigenvalue weighted by atomic mass is 10.1. The molecule has 2 aromatic carbocycles. The van der Waals surface area contributed by atoms with Crippen LogP contribution in [-0.2, 0) is 16.4 Å². The van der Waals surface area contributed by atoms with E-state index in [2.05, 4.69) is 27.2 Å². The first-order chi connectivity index (χ1) is 13.4. The Morgan fingerprint density at radius 2 is 1.89 bits per heavy atom. The van der Waals surface area contributed by atoms with Gasteiger partial charge in [0, 0.05) is 23.2 Å². The van der Waals surface area contributed by atoms with E-state index in [1.54, 1.807) is 48.8 Å². The van der Waals surface area contributed by atoms with E-state index in [1.165, 1.54) is 10.1 Å². The summed E-state index contributed by atoms with van der Waals surface area (Å²) in [6.45, 7) is 3.65. The zero-order valence-corrected chi connectivity index (χ0v) is 17.2. The van der Waals surface area contributed by atoms with Crippen molar-refractivity contribution in [2.45, 2.75) is 31.2 Å². The van der Waals surface area contributed by atoms with E-state index in [-0.39, 0.29) is 10.9 Å². The summed E-state index contributed by atoms with van der Waals surface area (Å²) in [4.78, 5) is 4.49. The Kier molecular flexibility index (Phi) is 5.05. The van der Waals surface area contributed by atoms with Gasteiger partial charge in [-0.15, -0.1) is 11.3 Å². The van der Waals surface area contributed by atoms with Gasteiger partial charge >= 0.3 is 0 Å². The highest BCUT2D eigenvalue weighted by Gasteiger charge is 2.19. The molecule has 0 fully saturated rings. The molecule has 1 atom stereocenters. The number of nitrogens with zero attached hydrogens (tertiary/aromatic N) is 1. The quantitative estimate of drug-likeness (QED) is 0.495. The maximum absolute atomic E-state index is 12.7. The molecule has 0 radical (unpaired) electrons. The largest absolute Gasteiger partial charge is 0.449 e. The Morgan fingerprint density at radius 3 is 2.61 bits per heavy atom. The van der Waals surface area contributed by atoms with Gasteiger partial charge < -0.3 is 4.42 Å². The molecule has 7 heteroatoms. The summed E-state index contributed by atoms with van der Waals surface area (Å²) >= 11 is 1.68. The molecule has 0 aliphatic carbocycles. The molecule has 0 unspecified atom stereocenters. The standard InChI is InChI=1S/C21H20N2O3S2/c1-14(11-17-13-27-21-6-4-3-5-19(17)21)23-28(24,25)18-9-7-16(8-10-18)20-12-26-15(2)22-20/h3-10,12-14,23H,11H2,1-2H3/t14-/m0/s1. The lowest BCUT2D eigenvalue weighted by molar-refractivity contribution is 0.521. The highest BCUT2D eigenvalue weighted by molar-refractivity contribution is 7.89. The zero-order valence-electron chi connectivity index (χ0n) is 15.5. The SMILES string of the molecule is Cc1nc(-c2ccc(S(=O)(=O)N[C@@H](C)Cc3csc4ccccc34)cc2)co1. The molecule has 2 heterocycles. The first kappa shape index (κ1) is 18.9. The fourth-order valence-electron chi connectivity index (χ4n) is 3.20. The summed E-state index contributed by atoms with van der Waals surface area (Å²) in [5.74, 6) is 0.572. The number of benzene rings is 2. The van der Waals surface area contributed by atoms with E-state index >= 15 is 0 Å². The van der Waals surface area contributed by atoms with Crippen LogP contribution < -0.4 is 4.72 Å². The molecule has 0 bridgehead atoms. The van der Waals surface area contributed by atoms with Gasteiger partial charge in [0.15, 0.2) is 5.89 Å². The van der Waals surface area contributed by atoms with Gasteiger partial charge in [0.05, 0.1) is 4.90 Å². The van der Waals surface area contributed by atoms with Gasteiger partial charge in [-0.25, -0.2) is 18.1 Å². The minimum absolute atomic E-state index is 0.221. The number of sulfonamides is 1. The maximum atomic E-state index is 12.7. The third kappa shape index (κ3) is 3.87. The van der Waals surface area contributed by atoms with Crippen LogP contribution in [0.2, 0.25) is 0 Å². The summed E-state index contributed by atoms with van der Waals surface area (Å²) in [5.41, 5.74) is 2.66. The van der Waals surface area contributed by atoms with Gasteiger partial charge in [-0.3, -0.25) is 0 Å². The number of hydrogen-bond acceptors (Lipinski definition) is 5. The summed E-state index contributed by atoms with van der Waals surface area (Å²) in [6.07, 6.45) is 2.20. The van der Waals surface area contributed by atoms with Crippen molar-refractivity contribution in [2.75, 3.05) is 0 Å². The van der Waals surface area contributed by atoms with Gasteiger partial charge in [-0.1, -0.05) is 30.3 Å². The number of rotatable bonds is 6. The molecular formula is C21H20N2O3S2. The third-order valence-electron chi connectivity index (χ3n) is 4.52. The number of hydrogen-bond donors (Lipinski definition) is 1. The molecule has 0 saturated carbocycles. The fourth-order valence-corrected chi connectivity index (χ4v) is 5.42. The molecule has 0 saturated heterocycles. The highest BCUT2D eigenvalue weighted by Crippen LogP contribution is 2.27. The zero-order chi connectivity index (χ0) is 19.7. The van der Waals surface area contributed by atoms with Crippen LogP contribution in [-0.4, -0.2) is 19.4 Å². The predicted octanol–water partition coefficient (Wildman–Crippen LogP) is 4.77. The molecule has 0 amide bonds. The molecular weight excluding hydrogens is 392 g/mol. The molecule has 1 N–H and O–H groups in total. The van der Waals surface area contributed by atoms with Gasteiger partial charge in [-0.05, 0) is 47.9 Å². The summed E-state index contributed by atoms with van der Waals surface area (Å²) in [7, 11) is -3.60. The molecule has 28 heavy (non-hydrogen) atoms. The average Bonchev–Trinajstić information content (AvgIpc) is 3.28. The minimum atomic E-state index is -3.60. The Balaban J connectivity index is 1.48. The van der Waals surface area contributed by atoms with Crippen molar-refractivity contribution in [3.8, 4) is 11.3 Å². The number of nitrogens with one attached hydrogen (secondary N) is 1. The molecule has 4 aromatic rings. The molecule has 5 nitrogen and oxygen atoms in total. The lowest BCUT2D eigenvalue weighted by Gasteiger charge is -2.14. The van der Waals surface area contributed by atoms with E-state index in [9.17, 15) is 8.42 Å². The van der Waals surface area contributed by atoms with Crippen molar-refractivity contribution in [2.24, 2.45) is 0 Å². The van der Waals surface area contributed by atoms with Gasteiger partial charge in [0.25, 0.3) is 0 Å². The second-order valence-corrected chi connectivity index (χ2v) is 9.38. The monoisotopic (exact) mass is 412 g/mol. The second-order valence-electron chi connectivity index (χ2n) is 6.76. The Bertz CT molecular complexity index is 1210. The van der Waals surface area contributed by atoms with Crippen LogP contribution in [0, 0.1) is 6.92 Å². The summed E-state index contributed by atoms with van der Waals surface area (Å²) in [6, 6.07) is 14.6. The second kappa shape index (κ2) is 7.50. The van der Waals surface area contributed by atoms with Crippen LogP contribution in [0.1, 0.15) is 18.4 Å². The average molecular weight is 413 g/mol. The van der Waals surface area contributed by atoms with E-state index in [1.807, 2.05) is 19.1 Å². The van der Waals surface area contributed by atoms with Gasteiger partial charge in [0.1, 0.15) is 12.0 Å². The molecule has 0 aliphatic rings. The van der Waals surface area contributed by atoms with Crippen molar-refractivity contribution in [3.05, 3.63) is 71.6 Å². The van der Waals surface area contributed by atoms with E-state index < -0.39 is 10.0 Å². The molecule has 0 spiro atoms. The fraction of sp³-hybridized carbons (Fsp3) is 0.190. The van der Waals surface area contributed by atoms with Crippen LogP contribution in [0.25, 0.3) is 21.3 Å².